The summed E-state index contributed by atoms with van der Waals surface area (Å²) >= 11 is 0. The first kappa shape index (κ1) is 14.7. The van der Waals surface area contributed by atoms with Gasteiger partial charge < -0.3 is 20.3 Å². The number of nitrogens with zero attached hydrogens (tertiary/aromatic N) is 3. The Kier molecular flexibility index (Phi) is 4.44. The van der Waals surface area contributed by atoms with E-state index in [1.165, 1.54) is 0 Å². The second-order valence-corrected chi connectivity index (χ2v) is 5.66. The van der Waals surface area contributed by atoms with Crippen LogP contribution in [0.3, 0.4) is 0 Å². The van der Waals surface area contributed by atoms with Gasteiger partial charge in [-0.3, -0.25) is 0 Å². The summed E-state index contributed by atoms with van der Waals surface area (Å²) < 4.78 is 5.94. The molecule has 0 bridgehead atoms. The third-order valence-corrected chi connectivity index (χ3v) is 3.92. The molecule has 22 heavy (non-hydrogen) atoms. The van der Waals surface area contributed by atoms with Crippen molar-refractivity contribution >= 4 is 11.4 Å². The van der Waals surface area contributed by atoms with Crippen molar-refractivity contribution in [3.8, 4) is 5.88 Å². The molecule has 5 nitrogen and oxygen atoms in total. The van der Waals surface area contributed by atoms with Gasteiger partial charge in [0.25, 0.3) is 0 Å². The monoisotopic (exact) mass is 298 g/mol. The van der Waals surface area contributed by atoms with Gasteiger partial charge in [0.05, 0.1) is 11.9 Å². The smallest absolute Gasteiger partial charge is 0.238 e. The SMILES string of the molecule is CN1CCN(c2cc(N)cnc2OCc2ccccc2)CC1. The molecule has 1 aliphatic rings. The lowest BCUT2D eigenvalue weighted by Gasteiger charge is -2.34. The van der Waals surface area contributed by atoms with E-state index in [1.54, 1.807) is 6.20 Å². The molecule has 0 aliphatic carbocycles. The number of hydrogen-bond donors (Lipinski definition) is 1. The van der Waals surface area contributed by atoms with Gasteiger partial charge in [-0.1, -0.05) is 30.3 Å². The molecule has 2 heterocycles. The molecule has 1 aromatic carbocycles. The minimum atomic E-state index is 0.512. The topological polar surface area (TPSA) is 54.6 Å². The summed E-state index contributed by atoms with van der Waals surface area (Å²) in [6, 6.07) is 12.1. The molecular formula is C17H22N4O. The van der Waals surface area contributed by atoms with Crippen LogP contribution >= 0.6 is 0 Å². The lowest BCUT2D eigenvalue weighted by Crippen LogP contribution is -2.44. The Morgan fingerprint density at radius 2 is 1.86 bits per heavy atom. The van der Waals surface area contributed by atoms with E-state index < -0.39 is 0 Å². The Labute approximate surface area is 131 Å². The van der Waals surface area contributed by atoms with Gasteiger partial charge in [-0.2, -0.15) is 0 Å². The number of anilines is 2. The molecule has 2 N–H and O–H groups in total. The summed E-state index contributed by atoms with van der Waals surface area (Å²) in [7, 11) is 2.14. The molecule has 2 aromatic rings. The van der Waals surface area contributed by atoms with E-state index in [1.807, 2.05) is 36.4 Å². The molecule has 1 aromatic heterocycles. The van der Waals surface area contributed by atoms with Crippen molar-refractivity contribution in [1.82, 2.24) is 9.88 Å². The number of rotatable bonds is 4. The lowest BCUT2D eigenvalue weighted by atomic mass is 10.2. The van der Waals surface area contributed by atoms with Crippen molar-refractivity contribution in [3.63, 3.8) is 0 Å². The minimum Gasteiger partial charge on any atom is -0.471 e. The molecule has 0 amide bonds. The van der Waals surface area contributed by atoms with Gasteiger partial charge in [-0.15, -0.1) is 0 Å². The van der Waals surface area contributed by atoms with Gasteiger partial charge in [-0.05, 0) is 18.7 Å². The average Bonchev–Trinajstić information content (AvgIpc) is 2.55. The molecule has 0 saturated carbocycles. The average molecular weight is 298 g/mol. The Balaban J connectivity index is 1.76. The van der Waals surface area contributed by atoms with Crippen molar-refractivity contribution in [3.05, 3.63) is 48.2 Å². The summed E-state index contributed by atoms with van der Waals surface area (Å²) in [6.07, 6.45) is 1.65. The second kappa shape index (κ2) is 6.66. The first-order valence-electron chi connectivity index (χ1n) is 7.58. The second-order valence-electron chi connectivity index (χ2n) is 5.66. The summed E-state index contributed by atoms with van der Waals surface area (Å²) in [4.78, 5) is 9.00. The zero-order chi connectivity index (χ0) is 15.4. The fourth-order valence-electron chi connectivity index (χ4n) is 2.57. The van der Waals surface area contributed by atoms with Crippen LogP contribution in [0.25, 0.3) is 0 Å². The van der Waals surface area contributed by atoms with Gasteiger partial charge in [0.2, 0.25) is 5.88 Å². The molecule has 1 fully saturated rings. The third kappa shape index (κ3) is 3.49. The first-order chi connectivity index (χ1) is 10.7. The van der Waals surface area contributed by atoms with Crippen LogP contribution in [-0.4, -0.2) is 43.1 Å². The molecule has 0 atom stereocenters. The highest BCUT2D eigenvalue weighted by atomic mass is 16.5. The number of likely N-dealkylation sites (N-methyl/N-ethyl adjacent to an activating group) is 1. The number of piperazine rings is 1. The number of aromatic nitrogens is 1. The zero-order valence-corrected chi connectivity index (χ0v) is 12.9. The van der Waals surface area contributed by atoms with Crippen molar-refractivity contribution in [2.45, 2.75) is 6.61 Å². The van der Waals surface area contributed by atoms with E-state index >= 15 is 0 Å². The molecule has 0 radical (unpaired) electrons. The van der Waals surface area contributed by atoms with Gasteiger partial charge in [0, 0.05) is 26.2 Å². The van der Waals surface area contributed by atoms with Crippen LogP contribution < -0.4 is 15.4 Å². The Morgan fingerprint density at radius 1 is 1.14 bits per heavy atom. The number of hydrogen-bond acceptors (Lipinski definition) is 5. The van der Waals surface area contributed by atoms with E-state index in [2.05, 4.69) is 21.8 Å². The van der Waals surface area contributed by atoms with Crippen molar-refractivity contribution in [2.24, 2.45) is 0 Å². The fourth-order valence-corrected chi connectivity index (χ4v) is 2.57. The van der Waals surface area contributed by atoms with E-state index in [9.17, 15) is 0 Å². The van der Waals surface area contributed by atoms with Crippen LogP contribution in [-0.2, 0) is 6.61 Å². The normalized spacial score (nSPS) is 15.8. The minimum absolute atomic E-state index is 0.512. The highest BCUT2D eigenvalue weighted by molar-refractivity contribution is 5.61. The predicted molar refractivity (Wildman–Crippen MR) is 89.1 cm³/mol. The van der Waals surface area contributed by atoms with Gasteiger partial charge >= 0.3 is 0 Å². The Hall–Kier alpha value is -2.27. The molecule has 5 heteroatoms. The Morgan fingerprint density at radius 3 is 2.59 bits per heavy atom. The van der Waals surface area contributed by atoms with Crippen molar-refractivity contribution in [2.75, 3.05) is 43.9 Å². The summed E-state index contributed by atoms with van der Waals surface area (Å²) in [5, 5.41) is 0. The lowest BCUT2D eigenvalue weighted by molar-refractivity contribution is 0.287. The standard InChI is InChI=1S/C17H22N4O/c1-20-7-9-21(10-8-20)16-11-15(18)12-19-17(16)22-13-14-5-3-2-4-6-14/h2-6,11-12H,7-10,13,18H2,1H3. The van der Waals surface area contributed by atoms with Crippen LogP contribution in [0.2, 0.25) is 0 Å². The van der Waals surface area contributed by atoms with E-state index in [-0.39, 0.29) is 0 Å². The van der Waals surface area contributed by atoms with Crippen LogP contribution in [0.5, 0.6) is 5.88 Å². The first-order valence-corrected chi connectivity index (χ1v) is 7.58. The van der Waals surface area contributed by atoms with Gasteiger partial charge in [0.1, 0.15) is 12.3 Å². The van der Waals surface area contributed by atoms with Crippen LogP contribution in [0, 0.1) is 0 Å². The quantitative estimate of drug-likeness (QED) is 0.935. The maximum absolute atomic E-state index is 5.94. The summed E-state index contributed by atoms with van der Waals surface area (Å²) in [5.41, 5.74) is 8.70. The maximum Gasteiger partial charge on any atom is 0.238 e. The highest BCUT2D eigenvalue weighted by Gasteiger charge is 2.19. The van der Waals surface area contributed by atoms with Gasteiger partial charge in [0.15, 0.2) is 0 Å². The number of benzene rings is 1. The van der Waals surface area contributed by atoms with E-state index in [0.717, 1.165) is 37.4 Å². The van der Waals surface area contributed by atoms with Gasteiger partial charge in [-0.25, -0.2) is 4.98 Å². The molecule has 1 saturated heterocycles. The van der Waals surface area contributed by atoms with Crippen LogP contribution in [0.1, 0.15) is 5.56 Å². The van der Waals surface area contributed by atoms with E-state index in [4.69, 9.17) is 10.5 Å². The molecule has 0 spiro atoms. The number of nitrogens with two attached hydrogens (primary N) is 1. The van der Waals surface area contributed by atoms with Crippen LogP contribution in [0.15, 0.2) is 42.6 Å². The molecule has 0 unspecified atom stereocenters. The van der Waals surface area contributed by atoms with Crippen LogP contribution in [0.4, 0.5) is 11.4 Å². The summed E-state index contributed by atoms with van der Waals surface area (Å²) in [5.74, 6) is 0.655. The van der Waals surface area contributed by atoms with E-state index in [0.29, 0.717) is 18.2 Å². The number of ether oxygens (including phenoxy) is 1. The molecular weight excluding hydrogens is 276 g/mol. The number of pyridine rings is 1. The van der Waals surface area contributed by atoms with Crippen molar-refractivity contribution < 1.29 is 4.74 Å². The Bertz CT molecular complexity index is 609. The molecule has 3 rings (SSSR count). The zero-order valence-electron chi connectivity index (χ0n) is 12.9. The molecule has 1 aliphatic heterocycles. The third-order valence-electron chi connectivity index (χ3n) is 3.92. The summed E-state index contributed by atoms with van der Waals surface area (Å²) in [6.45, 7) is 4.50. The highest BCUT2D eigenvalue weighted by Crippen LogP contribution is 2.29. The van der Waals surface area contributed by atoms with Crippen molar-refractivity contribution in [1.29, 1.82) is 0 Å². The predicted octanol–water partition coefficient (Wildman–Crippen LogP) is 1.99. The molecule has 116 valence electrons. The maximum atomic E-state index is 5.94. The fraction of sp³-hybridized carbons (Fsp3) is 0.353. The largest absolute Gasteiger partial charge is 0.471 e. The number of nitrogen functional groups attached to an aromatic ring is 1.